The lowest BCUT2D eigenvalue weighted by molar-refractivity contribution is -0.394. The maximum Gasteiger partial charge on any atom is 0.318 e. The number of ether oxygens (including phenoxy) is 2. The Kier molecular flexibility index (Phi) is 7.01. The maximum absolute atomic E-state index is 11.4. The summed E-state index contributed by atoms with van der Waals surface area (Å²) in [6.45, 7) is 3.99. The summed E-state index contributed by atoms with van der Waals surface area (Å²) in [5, 5.41) is 22.5. The van der Waals surface area contributed by atoms with Crippen molar-refractivity contribution in [1.82, 2.24) is 0 Å². The first-order valence-electron chi connectivity index (χ1n) is 9.47. The Morgan fingerprint density at radius 3 is 2.44 bits per heavy atom. The first-order valence-corrected chi connectivity index (χ1v) is 9.84. The fourth-order valence-electron chi connectivity index (χ4n) is 2.84. The molecule has 0 radical (unpaired) electrons. The number of rotatable bonds is 8. The van der Waals surface area contributed by atoms with Crippen molar-refractivity contribution in [2.75, 3.05) is 6.61 Å². The minimum atomic E-state index is -0.764. The third-order valence-corrected chi connectivity index (χ3v) is 4.64. The Morgan fingerprint density at radius 1 is 1.03 bits per heavy atom. The number of nitro benzene ring substituents is 2. The number of nitro groups is 2. The molecule has 3 rings (SSSR count). The van der Waals surface area contributed by atoms with Gasteiger partial charge in [0.05, 0.1) is 33.2 Å². The summed E-state index contributed by atoms with van der Waals surface area (Å²) >= 11 is 6.40. The smallest absolute Gasteiger partial charge is 0.318 e. The van der Waals surface area contributed by atoms with Gasteiger partial charge in [0, 0.05) is 12.3 Å². The van der Waals surface area contributed by atoms with Crippen molar-refractivity contribution in [2.24, 2.45) is 4.99 Å². The Hall–Kier alpha value is -3.98. The Labute approximate surface area is 188 Å². The van der Waals surface area contributed by atoms with Gasteiger partial charge in [-0.25, -0.2) is 0 Å². The van der Waals surface area contributed by atoms with E-state index in [0.29, 0.717) is 5.56 Å². The van der Waals surface area contributed by atoms with Crippen molar-refractivity contribution in [3.63, 3.8) is 0 Å². The van der Waals surface area contributed by atoms with Crippen LogP contribution in [0.25, 0.3) is 0 Å². The molecular weight excluding hydrogens is 438 g/mol. The molecule has 3 aromatic rings. The van der Waals surface area contributed by atoms with E-state index in [1.165, 1.54) is 0 Å². The van der Waals surface area contributed by atoms with Gasteiger partial charge in [0.25, 0.3) is 5.69 Å². The lowest BCUT2D eigenvalue weighted by Crippen LogP contribution is -2.00. The van der Waals surface area contributed by atoms with Gasteiger partial charge in [-0.15, -0.1) is 0 Å². The normalized spacial score (nSPS) is 10.8. The molecule has 0 aromatic heterocycles. The highest BCUT2D eigenvalue weighted by Gasteiger charge is 2.23. The molecule has 164 valence electrons. The Balaban J connectivity index is 2.00. The number of benzene rings is 3. The van der Waals surface area contributed by atoms with Crippen LogP contribution >= 0.6 is 11.6 Å². The van der Waals surface area contributed by atoms with Crippen molar-refractivity contribution in [3.8, 4) is 17.2 Å². The number of para-hydroxylation sites is 1. The number of nitrogens with zero attached hydrogens (tertiary/aromatic N) is 3. The molecule has 0 bridgehead atoms. The fraction of sp³-hybridized carbons (Fsp3) is 0.136. The fourth-order valence-corrected chi connectivity index (χ4v) is 3.09. The summed E-state index contributed by atoms with van der Waals surface area (Å²) in [4.78, 5) is 25.3. The molecule has 32 heavy (non-hydrogen) atoms. The summed E-state index contributed by atoms with van der Waals surface area (Å²) in [5.74, 6) is 0.0992. The highest BCUT2D eigenvalue weighted by atomic mass is 35.5. The van der Waals surface area contributed by atoms with E-state index >= 15 is 0 Å². The Morgan fingerprint density at radius 2 is 1.78 bits per heavy atom. The van der Waals surface area contributed by atoms with Crippen LogP contribution in [0.1, 0.15) is 18.1 Å². The zero-order valence-electron chi connectivity index (χ0n) is 17.1. The van der Waals surface area contributed by atoms with E-state index < -0.39 is 21.2 Å². The predicted octanol–water partition coefficient (Wildman–Crippen LogP) is 6.41. The van der Waals surface area contributed by atoms with Gasteiger partial charge in [-0.3, -0.25) is 25.2 Å². The first-order chi connectivity index (χ1) is 15.3. The average Bonchev–Trinajstić information content (AvgIpc) is 2.75. The second-order valence-electron chi connectivity index (χ2n) is 6.58. The van der Waals surface area contributed by atoms with Crippen LogP contribution in [0.5, 0.6) is 17.2 Å². The van der Waals surface area contributed by atoms with Gasteiger partial charge >= 0.3 is 5.69 Å². The monoisotopic (exact) mass is 455 g/mol. The topological polar surface area (TPSA) is 117 Å². The van der Waals surface area contributed by atoms with Crippen molar-refractivity contribution in [1.29, 1.82) is 0 Å². The van der Waals surface area contributed by atoms with Crippen LogP contribution in [-0.4, -0.2) is 22.7 Å². The van der Waals surface area contributed by atoms with E-state index in [2.05, 4.69) is 4.99 Å². The van der Waals surface area contributed by atoms with Crippen molar-refractivity contribution in [2.45, 2.75) is 13.8 Å². The van der Waals surface area contributed by atoms with E-state index in [1.54, 1.807) is 25.3 Å². The van der Waals surface area contributed by atoms with Gasteiger partial charge in [0.1, 0.15) is 0 Å². The molecule has 0 aliphatic carbocycles. The SMILES string of the molecule is CCOc1cc(C=Nc2ccccc2C)cc(Cl)c1Oc1ccc([N+](=O)[O-])cc1[N+](=O)[O-]. The molecule has 9 nitrogen and oxygen atoms in total. The number of aliphatic imine (C=N–C) groups is 1. The number of halogens is 1. The molecular formula is C22H18ClN3O6. The van der Waals surface area contributed by atoms with Crippen LogP contribution in [0.3, 0.4) is 0 Å². The van der Waals surface area contributed by atoms with Crippen LogP contribution in [0.4, 0.5) is 17.1 Å². The molecule has 0 N–H and O–H groups in total. The number of aryl methyl sites for hydroxylation is 1. The van der Waals surface area contributed by atoms with Crippen molar-refractivity contribution < 1.29 is 19.3 Å². The third kappa shape index (κ3) is 5.19. The summed E-state index contributed by atoms with van der Waals surface area (Å²) in [5.41, 5.74) is 1.44. The molecule has 0 amide bonds. The minimum Gasteiger partial charge on any atom is -0.490 e. The molecule has 0 saturated carbocycles. The second-order valence-corrected chi connectivity index (χ2v) is 6.98. The van der Waals surface area contributed by atoms with Gasteiger partial charge in [-0.05, 0) is 49.2 Å². The van der Waals surface area contributed by atoms with Crippen molar-refractivity contribution in [3.05, 3.63) is 91.0 Å². The first kappa shape index (κ1) is 22.7. The molecule has 0 aliphatic rings. The summed E-state index contributed by atoms with van der Waals surface area (Å²) in [7, 11) is 0. The van der Waals surface area contributed by atoms with E-state index in [4.69, 9.17) is 21.1 Å². The highest BCUT2D eigenvalue weighted by Crippen LogP contribution is 2.42. The molecule has 0 fully saturated rings. The van der Waals surface area contributed by atoms with Crippen LogP contribution in [-0.2, 0) is 0 Å². The summed E-state index contributed by atoms with van der Waals surface area (Å²) in [6, 6.07) is 13.9. The second kappa shape index (κ2) is 9.88. The molecule has 0 saturated heterocycles. The zero-order chi connectivity index (χ0) is 23.3. The van der Waals surface area contributed by atoms with Crippen LogP contribution < -0.4 is 9.47 Å². The molecule has 0 heterocycles. The highest BCUT2D eigenvalue weighted by molar-refractivity contribution is 6.32. The maximum atomic E-state index is 11.4. The van der Waals surface area contributed by atoms with E-state index in [1.807, 2.05) is 31.2 Å². The predicted molar refractivity (Wildman–Crippen MR) is 121 cm³/mol. The standard InChI is InChI=1S/C22H18ClN3O6/c1-3-31-21-11-15(13-24-18-7-5-4-6-14(18)2)10-17(23)22(21)32-20-9-8-16(25(27)28)12-19(20)26(29)30/h4-13H,3H2,1-2H3. The van der Waals surface area contributed by atoms with Gasteiger partial charge in [0.2, 0.25) is 5.75 Å². The summed E-state index contributed by atoms with van der Waals surface area (Å²) in [6.07, 6.45) is 1.62. The van der Waals surface area contributed by atoms with Crippen LogP contribution in [0, 0.1) is 27.2 Å². The molecule has 10 heteroatoms. The molecule has 0 unspecified atom stereocenters. The largest absolute Gasteiger partial charge is 0.490 e. The van der Waals surface area contributed by atoms with Gasteiger partial charge in [0.15, 0.2) is 11.5 Å². The van der Waals surface area contributed by atoms with E-state index in [9.17, 15) is 20.2 Å². The minimum absolute atomic E-state index is 0.0542. The van der Waals surface area contributed by atoms with Gasteiger partial charge in [-0.2, -0.15) is 0 Å². The van der Waals surface area contributed by atoms with Crippen LogP contribution in [0.2, 0.25) is 5.02 Å². The van der Waals surface area contributed by atoms with Gasteiger partial charge in [-0.1, -0.05) is 29.8 Å². The zero-order valence-corrected chi connectivity index (χ0v) is 17.9. The number of non-ortho nitro benzene ring substituents is 1. The van der Waals surface area contributed by atoms with E-state index in [0.717, 1.165) is 29.4 Å². The number of hydrogen-bond donors (Lipinski definition) is 0. The van der Waals surface area contributed by atoms with Crippen molar-refractivity contribution >= 4 is 34.9 Å². The molecule has 0 atom stereocenters. The lowest BCUT2D eigenvalue weighted by atomic mass is 10.2. The number of hydrogen-bond acceptors (Lipinski definition) is 7. The molecule has 0 aliphatic heterocycles. The Bertz CT molecular complexity index is 1210. The molecule has 3 aromatic carbocycles. The summed E-state index contributed by atoms with van der Waals surface area (Å²) < 4.78 is 11.3. The lowest BCUT2D eigenvalue weighted by Gasteiger charge is -2.14. The average molecular weight is 456 g/mol. The van der Waals surface area contributed by atoms with E-state index in [-0.39, 0.29) is 28.9 Å². The molecule has 0 spiro atoms. The third-order valence-electron chi connectivity index (χ3n) is 4.36. The van der Waals surface area contributed by atoms with Gasteiger partial charge < -0.3 is 9.47 Å². The van der Waals surface area contributed by atoms with Crippen LogP contribution in [0.15, 0.2) is 59.6 Å². The quantitative estimate of drug-likeness (QED) is 0.220.